The Balaban J connectivity index is 1.70. The number of aryl methyl sites for hydroxylation is 1. The van der Waals surface area contributed by atoms with Crippen LogP contribution in [0.25, 0.3) is 11.0 Å². The van der Waals surface area contributed by atoms with Gasteiger partial charge in [-0.25, -0.2) is 4.39 Å². The Morgan fingerprint density at radius 2 is 1.83 bits per heavy atom. The molecule has 0 bridgehead atoms. The van der Waals surface area contributed by atoms with Gasteiger partial charge >= 0.3 is 0 Å². The highest BCUT2D eigenvalue weighted by Gasteiger charge is 2.21. The highest BCUT2D eigenvalue weighted by molar-refractivity contribution is 5.95. The SMILES string of the molecule is CCN(CC(=O)NCc1ccc(F)cc1)C(=O)c1cc(=O)c2cc(C)ccc2o1. The van der Waals surface area contributed by atoms with Gasteiger partial charge in [0, 0.05) is 19.2 Å². The molecular weight excluding hydrogens is 375 g/mol. The molecule has 0 spiro atoms. The summed E-state index contributed by atoms with van der Waals surface area (Å²) in [6.45, 7) is 3.88. The summed E-state index contributed by atoms with van der Waals surface area (Å²) in [7, 11) is 0. The van der Waals surface area contributed by atoms with Gasteiger partial charge in [0.25, 0.3) is 5.91 Å². The van der Waals surface area contributed by atoms with Gasteiger partial charge in [0.2, 0.25) is 5.91 Å². The van der Waals surface area contributed by atoms with E-state index in [2.05, 4.69) is 5.32 Å². The van der Waals surface area contributed by atoms with E-state index in [9.17, 15) is 18.8 Å². The van der Waals surface area contributed by atoms with E-state index < -0.39 is 5.91 Å². The van der Waals surface area contributed by atoms with Gasteiger partial charge in [-0.15, -0.1) is 0 Å². The first kappa shape index (κ1) is 20.3. The number of amides is 2. The van der Waals surface area contributed by atoms with Crippen LogP contribution < -0.4 is 10.7 Å². The Labute approximate surface area is 166 Å². The van der Waals surface area contributed by atoms with Crippen LogP contribution >= 0.6 is 0 Å². The van der Waals surface area contributed by atoms with Crippen LogP contribution in [0.5, 0.6) is 0 Å². The van der Waals surface area contributed by atoms with Gasteiger partial charge in [0.05, 0.1) is 11.9 Å². The van der Waals surface area contributed by atoms with Gasteiger partial charge in [0.15, 0.2) is 11.2 Å². The minimum absolute atomic E-state index is 0.112. The number of benzene rings is 2. The molecule has 1 N–H and O–H groups in total. The lowest BCUT2D eigenvalue weighted by Crippen LogP contribution is -2.40. The first-order valence-corrected chi connectivity index (χ1v) is 9.22. The number of nitrogens with zero attached hydrogens (tertiary/aromatic N) is 1. The predicted molar refractivity (Wildman–Crippen MR) is 107 cm³/mol. The molecule has 1 aromatic heterocycles. The third kappa shape index (κ3) is 4.87. The summed E-state index contributed by atoms with van der Waals surface area (Å²) in [6.07, 6.45) is 0. The van der Waals surface area contributed by atoms with E-state index in [1.54, 1.807) is 37.3 Å². The zero-order valence-electron chi connectivity index (χ0n) is 16.2. The van der Waals surface area contributed by atoms with Crippen LogP contribution in [0.1, 0.15) is 28.6 Å². The van der Waals surface area contributed by atoms with Crippen LogP contribution in [0.2, 0.25) is 0 Å². The standard InChI is InChI=1S/C22H21FN2O4/c1-3-25(13-21(27)24-12-15-5-7-16(23)8-6-15)22(28)20-11-18(26)17-10-14(2)4-9-19(17)29-20/h4-11H,3,12-13H2,1-2H3,(H,24,27). The number of hydrogen-bond acceptors (Lipinski definition) is 4. The molecule has 0 aliphatic heterocycles. The maximum atomic E-state index is 12.9. The molecule has 0 unspecified atom stereocenters. The van der Waals surface area contributed by atoms with Crippen molar-refractivity contribution in [1.82, 2.24) is 10.2 Å². The van der Waals surface area contributed by atoms with Crippen molar-refractivity contribution in [2.45, 2.75) is 20.4 Å². The zero-order chi connectivity index (χ0) is 21.0. The molecule has 150 valence electrons. The summed E-state index contributed by atoms with van der Waals surface area (Å²) in [5, 5.41) is 3.09. The van der Waals surface area contributed by atoms with Gasteiger partial charge in [-0.3, -0.25) is 14.4 Å². The molecule has 0 atom stereocenters. The Bertz CT molecular complexity index is 1110. The molecule has 1 heterocycles. The zero-order valence-corrected chi connectivity index (χ0v) is 16.2. The summed E-state index contributed by atoms with van der Waals surface area (Å²) in [5.74, 6) is -1.37. The first-order valence-electron chi connectivity index (χ1n) is 9.22. The summed E-state index contributed by atoms with van der Waals surface area (Å²) in [4.78, 5) is 38.6. The minimum Gasteiger partial charge on any atom is -0.451 e. The first-order chi connectivity index (χ1) is 13.9. The van der Waals surface area contributed by atoms with Crippen molar-refractivity contribution in [2.75, 3.05) is 13.1 Å². The van der Waals surface area contributed by atoms with Crippen LogP contribution in [0.3, 0.4) is 0 Å². The molecule has 6 nitrogen and oxygen atoms in total. The average Bonchev–Trinajstić information content (AvgIpc) is 2.71. The topological polar surface area (TPSA) is 79.6 Å². The molecule has 0 aliphatic rings. The number of halogens is 1. The summed E-state index contributed by atoms with van der Waals surface area (Å²) >= 11 is 0. The molecule has 29 heavy (non-hydrogen) atoms. The van der Waals surface area contributed by atoms with Crippen LogP contribution in [-0.4, -0.2) is 29.8 Å². The predicted octanol–water partition coefficient (Wildman–Crippen LogP) is 3.02. The normalized spacial score (nSPS) is 10.7. The second-order valence-corrected chi connectivity index (χ2v) is 6.70. The fourth-order valence-corrected chi connectivity index (χ4v) is 2.89. The van der Waals surface area contributed by atoms with E-state index in [0.29, 0.717) is 11.0 Å². The lowest BCUT2D eigenvalue weighted by atomic mass is 10.1. The third-order valence-electron chi connectivity index (χ3n) is 4.50. The minimum atomic E-state index is -0.538. The molecule has 0 fully saturated rings. The molecule has 0 radical (unpaired) electrons. The number of hydrogen-bond donors (Lipinski definition) is 1. The van der Waals surface area contributed by atoms with Gasteiger partial charge in [0.1, 0.15) is 11.4 Å². The molecule has 2 amide bonds. The molecule has 3 rings (SSSR count). The van der Waals surface area contributed by atoms with Crippen molar-refractivity contribution in [3.8, 4) is 0 Å². The van der Waals surface area contributed by atoms with Gasteiger partial charge in [-0.2, -0.15) is 0 Å². The molecule has 7 heteroatoms. The Morgan fingerprint density at radius 3 is 2.52 bits per heavy atom. The molecule has 0 aliphatic carbocycles. The van der Waals surface area contributed by atoms with E-state index in [4.69, 9.17) is 4.42 Å². The van der Waals surface area contributed by atoms with E-state index in [0.717, 1.165) is 17.2 Å². The van der Waals surface area contributed by atoms with Gasteiger partial charge in [-0.1, -0.05) is 23.8 Å². The van der Waals surface area contributed by atoms with E-state index in [1.807, 2.05) is 6.92 Å². The fourth-order valence-electron chi connectivity index (χ4n) is 2.89. The number of likely N-dealkylation sites (N-methyl/N-ethyl adjacent to an activating group) is 1. The smallest absolute Gasteiger partial charge is 0.290 e. The van der Waals surface area contributed by atoms with Crippen molar-refractivity contribution in [3.05, 3.63) is 81.5 Å². The summed E-state index contributed by atoms with van der Waals surface area (Å²) in [5.41, 5.74) is 1.67. The van der Waals surface area contributed by atoms with Gasteiger partial charge in [-0.05, 0) is 43.7 Å². The van der Waals surface area contributed by atoms with E-state index >= 15 is 0 Å². The van der Waals surface area contributed by atoms with Crippen molar-refractivity contribution in [3.63, 3.8) is 0 Å². The highest BCUT2D eigenvalue weighted by atomic mass is 19.1. The number of nitrogens with one attached hydrogen (secondary N) is 1. The molecule has 2 aromatic carbocycles. The maximum absolute atomic E-state index is 12.9. The lowest BCUT2D eigenvalue weighted by Gasteiger charge is -2.19. The molecule has 3 aromatic rings. The fraction of sp³-hybridized carbons (Fsp3) is 0.227. The Morgan fingerprint density at radius 1 is 1.10 bits per heavy atom. The molecule has 0 saturated carbocycles. The van der Waals surface area contributed by atoms with Crippen LogP contribution in [0.4, 0.5) is 4.39 Å². The van der Waals surface area contributed by atoms with E-state index in [1.165, 1.54) is 17.0 Å². The maximum Gasteiger partial charge on any atom is 0.290 e. The number of rotatable bonds is 6. The largest absolute Gasteiger partial charge is 0.451 e. The van der Waals surface area contributed by atoms with Crippen molar-refractivity contribution >= 4 is 22.8 Å². The number of carbonyl (C=O) groups excluding carboxylic acids is 2. The second kappa shape index (κ2) is 8.68. The summed E-state index contributed by atoms with van der Waals surface area (Å²) in [6, 6.07) is 12.1. The van der Waals surface area contributed by atoms with Gasteiger partial charge < -0.3 is 14.6 Å². The monoisotopic (exact) mass is 396 g/mol. The highest BCUT2D eigenvalue weighted by Crippen LogP contribution is 2.15. The van der Waals surface area contributed by atoms with Crippen molar-refractivity contribution < 1.29 is 18.4 Å². The van der Waals surface area contributed by atoms with Crippen LogP contribution in [-0.2, 0) is 11.3 Å². The lowest BCUT2D eigenvalue weighted by molar-refractivity contribution is -0.121. The third-order valence-corrected chi connectivity index (χ3v) is 4.50. The second-order valence-electron chi connectivity index (χ2n) is 6.70. The average molecular weight is 396 g/mol. The van der Waals surface area contributed by atoms with Crippen molar-refractivity contribution in [1.29, 1.82) is 0 Å². The van der Waals surface area contributed by atoms with Crippen molar-refractivity contribution in [2.24, 2.45) is 0 Å². The summed E-state index contributed by atoms with van der Waals surface area (Å²) < 4.78 is 18.5. The van der Waals surface area contributed by atoms with Crippen LogP contribution in [0.15, 0.2) is 57.7 Å². The number of carbonyl (C=O) groups is 2. The Kier molecular flexibility index (Phi) is 6.07. The molecule has 0 saturated heterocycles. The number of fused-ring (bicyclic) bond motifs is 1. The quantitative estimate of drug-likeness (QED) is 0.695. The molecular formula is C22H21FN2O4. The van der Waals surface area contributed by atoms with E-state index in [-0.39, 0.29) is 42.5 Å². The Hall–Kier alpha value is -3.48. The van der Waals surface area contributed by atoms with Crippen LogP contribution in [0, 0.1) is 12.7 Å².